The Bertz CT molecular complexity index is 1100. The van der Waals surface area contributed by atoms with Crippen LogP contribution in [0.3, 0.4) is 0 Å². The first-order valence-corrected chi connectivity index (χ1v) is 7.71. The first kappa shape index (κ1) is 14.4. The number of hydrogen-bond donors (Lipinski definition) is 2. The zero-order valence-electron chi connectivity index (χ0n) is 13.4. The van der Waals surface area contributed by atoms with Gasteiger partial charge in [-0.3, -0.25) is 0 Å². The van der Waals surface area contributed by atoms with Crippen LogP contribution in [0, 0.1) is 13.8 Å². The molecule has 0 aliphatic rings. The predicted octanol–water partition coefficient (Wildman–Crippen LogP) is 5.45. The molecule has 0 radical (unpaired) electrons. The zero-order valence-corrected chi connectivity index (χ0v) is 13.4. The second-order valence-corrected chi connectivity index (χ2v) is 5.89. The lowest BCUT2D eigenvalue weighted by atomic mass is 10.1. The average molecular weight is 316 g/mol. The van der Waals surface area contributed by atoms with Gasteiger partial charge in [-0.2, -0.15) is 0 Å². The number of aromatic nitrogens is 2. The molecule has 2 N–H and O–H groups in total. The maximum Gasteiger partial charge on any atom is 0.218 e. The van der Waals surface area contributed by atoms with Crippen LogP contribution in [-0.4, -0.2) is 15.1 Å². The minimum absolute atomic E-state index is 0.0169. The maximum atomic E-state index is 10.2. The number of benzene rings is 2. The fourth-order valence-corrected chi connectivity index (χ4v) is 2.94. The van der Waals surface area contributed by atoms with E-state index in [1.807, 2.05) is 56.3 Å². The number of fused-ring (bicyclic) bond motifs is 2. The van der Waals surface area contributed by atoms with Crippen molar-refractivity contribution in [2.24, 2.45) is 10.2 Å². The number of nitrogens with one attached hydrogen (secondary N) is 1. The van der Waals surface area contributed by atoms with Gasteiger partial charge in [0.05, 0.1) is 11.0 Å². The van der Waals surface area contributed by atoms with Crippen LogP contribution in [0.5, 0.6) is 5.88 Å². The molecule has 0 amide bonds. The molecule has 118 valence electrons. The summed E-state index contributed by atoms with van der Waals surface area (Å²) >= 11 is 0. The third kappa shape index (κ3) is 2.40. The van der Waals surface area contributed by atoms with Gasteiger partial charge in [0.1, 0.15) is 0 Å². The summed E-state index contributed by atoms with van der Waals surface area (Å²) in [5.74, 6) is 0.523. The Hall–Kier alpha value is -3.21. The highest BCUT2D eigenvalue weighted by atomic mass is 16.3. The van der Waals surface area contributed by atoms with Gasteiger partial charge >= 0.3 is 0 Å². The van der Waals surface area contributed by atoms with Crippen molar-refractivity contribution in [3.63, 3.8) is 0 Å². The molecule has 4 rings (SSSR count). The van der Waals surface area contributed by atoms with Crippen LogP contribution < -0.4 is 0 Å². The van der Waals surface area contributed by atoms with Crippen LogP contribution in [0.25, 0.3) is 21.8 Å². The van der Waals surface area contributed by atoms with E-state index in [0.717, 1.165) is 32.9 Å². The summed E-state index contributed by atoms with van der Waals surface area (Å²) in [6, 6.07) is 15.7. The summed E-state index contributed by atoms with van der Waals surface area (Å²) in [5.41, 5.74) is 4.35. The number of azo groups is 1. The molecule has 0 unspecified atom stereocenters. The highest BCUT2D eigenvalue weighted by Crippen LogP contribution is 2.38. The van der Waals surface area contributed by atoms with Gasteiger partial charge in [-0.1, -0.05) is 29.8 Å². The quantitative estimate of drug-likeness (QED) is 0.482. The van der Waals surface area contributed by atoms with Crippen molar-refractivity contribution in [1.82, 2.24) is 9.97 Å². The van der Waals surface area contributed by atoms with E-state index in [-0.39, 0.29) is 5.88 Å². The molecule has 5 heteroatoms. The summed E-state index contributed by atoms with van der Waals surface area (Å²) in [6.45, 7) is 4.01. The molecule has 0 saturated heterocycles. The van der Waals surface area contributed by atoms with E-state index in [2.05, 4.69) is 26.3 Å². The Morgan fingerprint density at radius 3 is 2.71 bits per heavy atom. The molecule has 2 heterocycles. The van der Waals surface area contributed by atoms with Crippen LogP contribution >= 0.6 is 0 Å². The number of rotatable bonds is 2. The number of hydrogen-bond acceptors (Lipinski definition) is 4. The summed E-state index contributed by atoms with van der Waals surface area (Å²) < 4.78 is 0. The highest BCUT2D eigenvalue weighted by molar-refractivity contribution is 5.96. The monoisotopic (exact) mass is 316 g/mol. The molecule has 2 aromatic heterocycles. The predicted molar refractivity (Wildman–Crippen MR) is 95.4 cm³/mol. The molecule has 0 aliphatic carbocycles. The van der Waals surface area contributed by atoms with Gasteiger partial charge in [0.25, 0.3) is 0 Å². The molecular formula is C19H16N4O. The van der Waals surface area contributed by atoms with E-state index in [9.17, 15) is 5.11 Å². The number of aromatic amines is 1. The summed E-state index contributed by atoms with van der Waals surface area (Å²) in [7, 11) is 0. The summed E-state index contributed by atoms with van der Waals surface area (Å²) in [5, 5.41) is 20.5. The van der Waals surface area contributed by atoms with Gasteiger partial charge in [-0.25, -0.2) is 4.98 Å². The molecule has 2 aromatic carbocycles. The third-order valence-corrected chi connectivity index (χ3v) is 4.04. The van der Waals surface area contributed by atoms with Crippen LogP contribution in [-0.2, 0) is 0 Å². The van der Waals surface area contributed by atoms with Crippen molar-refractivity contribution < 1.29 is 5.11 Å². The van der Waals surface area contributed by atoms with Crippen molar-refractivity contribution in [2.75, 3.05) is 0 Å². The second kappa shape index (κ2) is 5.45. The minimum atomic E-state index is 0.0169. The molecule has 0 saturated carbocycles. The first-order valence-electron chi connectivity index (χ1n) is 7.71. The smallest absolute Gasteiger partial charge is 0.218 e. The fourth-order valence-electron chi connectivity index (χ4n) is 2.94. The van der Waals surface area contributed by atoms with E-state index in [1.165, 1.54) is 0 Å². The third-order valence-electron chi connectivity index (χ3n) is 4.04. The first-order chi connectivity index (χ1) is 11.6. The van der Waals surface area contributed by atoms with Crippen LogP contribution in [0.4, 0.5) is 11.5 Å². The Morgan fingerprint density at radius 2 is 1.83 bits per heavy atom. The van der Waals surface area contributed by atoms with Crippen molar-refractivity contribution in [3.8, 4) is 5.88 Å². The number of aryl methyl sites for hydroxylation is 2. The van der Waals surface area contributed by atoms with Crippen molar-refractivity contribution in [3.05, 3.63) is 59.7 Å². The molecule has 4 aromatic rings. The summed E-state index contributed by atoms with van der Waals surface area (Å²) in [6.07, 6.45) is 0. The summed E-state index contributed by atoms with van der Waals surface area (Å²) in [4.78, 5) is 7.44. The van der Waals surface area contributed by atoms with Gasteiger partial charge in [0.15, 0.2) is 11.5 Å². The Morgan fingerprint density at radius 1 is 1.00 bits per heavy atom. The van der Waals surface area contributed by atoms with Crippen LogP contribution in [0.15, 0.2) is 58.8 Å². The molecule has 0 aliphatic heterocycles. The lowest BCUT2D eigenvalue weighted by molar-refractivity contribution is 0.459. The lowest BCUT2D eigenvalue weighted by Crippen LogP contribution is -1.79. The molecule has 24 heavy (non-hydrogen) atoms. The zero-order chi connectivity index (χ0) is 16.7. The average Bonchev–Trinajstić information content (AvgIpc) is 2.89. The highest BCUT2D eigenvalue weighted by Gasteiger charge is 2.12. The van der Waals surface area contributed by atoms with Crippen molar-refractivity contribution in [2.45, 2.75) is 13.8 Å². The van der Waals surface area contributed by atoms with E-state index in [0.29, 0.717) is 11.5 Å². The minimum Gasteiger partial charge on any atom is -0.493 e. The lowest BCUT2D eigenvalue weighted by Gasteiger charge is -1.99. The van der Waals surface area contributed by atoms with Crippen molar-refractivity contribution >= 4 is 33.3 Å². The molecular weight excluding hydrogens is 300 g/mol. The Labute approximate surface area is 138 Å². The van der Waals surface area contributed by atoms with Gasteiger partial charge in [0, 0.05) is 10.8 Å². The molecule has 0 atom stereocenters. The largest absolute Gasteiger partial charge is 0.493 e. The van der Waals surface area contributed by atoms with E-state index in [4.69, 9.17) is 0 Å². The molecule has 0 spiro atoms. The second-order valence-electron chi connectivity index (χ2n) is 5.89. The van der Waals surface area contributed by atoms with Gasteiger partial charge < -0.3 is 10.1 Å². The number of H-pyrrole nitrogens is 1. The van der Waals surface area contributed by atoms with Gasteiger partial charge in [-0.05, 0) is 43.7 Å². The Kier molecular flexibility index (Phi) is 3.27. The SMILES string of the molecule is Cc1cc(C)c2[nH]c(O)c(N=Nc3ccc4ccccc4n3)c2c1. The van der Waals surface area contributed by atoms with Gasteiger partial charge in [-0.15, -0.1) is 10.2 Å². The van der Waals surface area contributed by atoms with Crippen LogP contribution in [0.2, 0.25) is 0 Å². The maximum absolute atomic E-state index is 10.2. The molecule has 0 bridgehead atoms. The number of nitrogens with zero attached hydrogens (tertiary/aromatic N) is 3. The molecule has 0 fully saturated rings. The Balaban J connectivity index is 1.80. The molecule has 5 nitrogen and oxygen atoms in total. The standard InChI is InChI=1S/C19H16N4O/c1-11-9-12(2)17-14(10-11)18(19(24)21-17)23-22-16-8-7-13-5-3-4-6-15(13)20-16/h3-10,21,24H,1-2H3. The normalized spacial score (nSPS) is 11.8. The van der Waals surface area contributed by atoms with E-state index >= 15 is 0 Å². The number of pyridine rings is 1. The van der Waals surface area contributed by atoms with Crippen LogP contribution in [0.1, 0.15) is 11.1 Å². The van der Waals surface area contributed by atoms with E-state index in [1.54, 1.807) is 0 Å². The van der Waals surface area contributed by atoms with Gasteiger partial charge in [0.2, 0.25) is 5.88 Å². The van der Waals surface area contributed by atoms with Crippen molar-refractivity contribution in [1.29, 1.82) is 0 Å². The fraction of sp³-hybridized carbons (Fsp3) is 0.105. The number of para-hydroxylation sites is 1. The van der Waals surface area contributed by atoms with E-state index < -0.39 is 0 Å². The number of aromatic hydroxyl groups is 1. The topological polar surface area (TPSA) is 73.6 Å².